The summed E-state index contributed by atoms with van der Waals surface area (Å²) >= 11 is 0. The molecule has 4 heteroatoms. The molecule has 0 amide bonds. The monoisotopic (exact) mass is 237 g/mol. The fraction of sp³-hybridized carbons (Fsp3) is 0.462. The van der Waals surface area contributed by atoms with Gasteiger partial charge in [0, 0.05) is 6.54 Å². The van der Waals surface area contributed by atoms with Crippen LogP contribution < -0.4 is 10.1 Å². The van der Waals surface area contributed by atoms with E-state index in [1.807, 2.05) is 24.3 Å². The molecule has 0 aliphatic heterocycles. The van der Waals surface area contributed by atoms with Crippen LogP contribution in [0.25, 0.3) is 0 Å². The van der Waals surface area contributed by atoms with E-state index >= 15 is 0 Å². The predicted molar refractivity (Wildman–Crippen MR) is 66.4 cm³/mol. The molecule has 1 aromatic carbocycles. The quantitative estimate of drug-likeness (QED) is 0.790. The SMILES string of the molecule is COc1ccccc1CCNC(C)(C)C(=O)O. The molecular formula is C13H19NO3. The van der Waals surface area contributed by atoms with Gasteiger partial charge in [-0.25, -0.2) is 0 Å². The second kappa shape index (κ2) is 5.68. The van der Waals surface area contributed by atoms with Gasteiger partial charge in [-0.1, -0.05) is 18.2 Å². The highest BCUT2D eigenvalue weighted by Crippen LogP contribution is 2.17. The molecule has 0 bridgehead atoms. The Bertz CT molecular complexity index is 388. The van der Waals surface area contributed by atoms with Crippen molar-refractivity contribution < 1.29 is 14.6 Å². The van der Waals surface area contributed by atoms with Gasteiger partial charge in [-0.3, -0.25) is 4.79 Å². The first-order valence-electron chi connectivity index (χ1n) is 5.57. The van der Waals surface area contributed by atoms with Crippen LogP contribution in [0.2, 0.25) is 0 Å². The maximum atomic E-state index is 10.9. The van der Waals surface area contributed by atoms with Crippen LogP contribution in [0.15, 0.2) is 24.3 Å². The maximum Gasteiger partial charge on any atom is 0.323 e. The summed E-state index contributed by atoms with van der Waals surface area (Å²) in [6.07, 6.45) is 0.737. The number of carboxylic acid groups (broad SMARTS) is 1. The van der Waals surface area contributed by atoms with Crippen LogP contribution in [0.1, 0.15) is 19.4 Å². The number of hydrogen-bond donors (Lipinski definition) is 2. The van der Waals surface area contributed by atoms with Gasteiger partial charge in [0.05, 0.1) is 7.11 Å². The zero-order chi connectivity index (χ0) is 12.9. The Balaban J connectivity index is 2.54. The molecule has 0 aliphatic carbocycles. The molecule has 0 saturated carbocycles. The molecule has 0 radical (unpaired) electrons. The van der Waals surface area contributed by atoms with E-state index in [0.717, 1.165) is 17.7 Å². The number of nitrogens with one attached hydrogen (secondary N) is 1. The van der Waals surface area contributed by atoms with Crippen molar-refractivity contribution in [3.8, 4) is 5.75 Å². The van der Waals surface area contributed by atoms with E-state index in [1.165, 1.54) is 0 Å². The number of methoxy groups -OCH3 is 1. The van der Waals surface area contributed by atoms with Crippen molar-refractivity contribution in [3.63, 3.8) is 0 Å². The van der Waals surface area contributed by atoms with Gasteiger partial charge < -0.3 is 15.2 Å². The van der Waals surface area contributed by atoms with E-state index < -0.39 is 11.5 Å². The molecule has 4 nitrogen and oxygen atoms in total. The van der Waals surface area contributed by atoms with Crippen molar-refractivity contribution in [1.82, 2.24) is 5.32 Å². The second-order valence-corrected chi connectivity index (χ2v) is 4.42. The molecule has 94 valence electrons. The van der Waals surface area contributed by atoms with E-state index in [2.05, 4.69) is 5.32 Å². The van der Waals surface area contributed by atoms with Crippen LogP contribution in [0, 0.1) is 0 Å². The lowest BCUT2D eigenvalue weighted by Crippen LogP contribution is -2.47. The molecule has 1 aromatic rings. The van der Waals surface area contributed by atoms with E-state index in [1.54, 1.807) is 21.0 Å². The Labute approximate surface area is 102 Å². The first-order valence-corrected chi connectivity index (χ1v) is 5.57. The lowest BCUT2D eigenvalue weighted by atomic mass is 10.1. The molecule has 2 N–H and O–H groups in total. The number of aliphatic carboxylic acids is 1. The van der Waals surface area contributed by atoms with Gasteiger partial charge in [0.25, 0.3) is 0 Å². The number of hydrogen-bond acceptors (Lipinski definition) is 3. The molecule has 0 unspecified atom stereocenters. The molecule has 0 saturated heterocycles. The summed E-state index contributed by atoms with van der Waals surface area (Å²) in [6.45, 7) is 3.90. The molecular weight excluding hydrogens is 218 g/mol. The van der Waals surface area contributed by atoms with Crippen molar-refractivity contribution in [1.29, 1.82) is 0 Å². The Morgan fingerprint density at radius 2 is 2.06 bits per heavy atom. The number of carbonyl (C=O) groups is 1. The average Bonchev–Trinajstić information content (AvgIpc) is 2.29. The van der Waals surface area contributed by atoms with Gasteiger partial charge in [0.2, 0.25) is 0 Å². The van der Waals surface area contributed by atoms with Gasteiger partial charge in [-0.15, -0.1) is 0 Å². The van der Waals surface area contributed by atoms with Gasteiger partial charge in [0.1, 0.15) is 11.3 Å². The minimum atomic E-state index is -0.901. The zero-order valence-corrected chi connectivity index (χ0v) is 10.5. The summed E-state index contributed by atoms with van der Waals surface area (Å²) < 4.78 is 5.23. The summed E-state index contributed by atoms with van der Waals surface area (Å²) in [5.41, 5.74) is 0.172. The summed E-state index contributed by atoms with van der Waals surface area (Å²) in [4.78, 5) is 10.9. The van der Waals surface area contributed by atoms with Crippen molar-refractivity contribution >= 4 is 5.97 Å². The molecule has 0 aromatic heterocycles. The summed E-state index contributed by atoms with van der Waals surface area (Å²) in [7, 11) is 1.63. The van der Waals surface area contributed by atoms with Crippen LogP contribution >= 0.6 is 0 Å². The first-order chi connectivity index (χ1) is 7.97. The van der Waals surface area contributed by atoms with Crippen molar-refractivity contribution in [2.45, 2.75) is 25.8 Å². The number of ether oxygens (including phenoxy) is 1. The van der Waals surface area contributed by atoms with E-state index in [9.17, 15) is 4.79 Å². The van der Waals surface area contributed by atoms with Gasteiger partial charge in [-0.05, 0) is 31.9 Å². The van der Waals surface area contributed by atoms with E-state index in [-0.39, 0.29) is 0 Å². The van der Waals surface area contributed by atoms with E-state index in [0.29, 0.717) is 6.54 Å². The maximum absolute atomic E-state index is 10.9. The minimum absolute atomic E-state index is 0.597. The number of carboxylic acids is 1. The van der Waals surface area contributed by atoms with Crippen LogP contribution in [-0.4, -0.2) is 30.3 Å². The highest BCUT2D eigenvalue weighted by Gasteiger charge is 2.25. The Morgan fingerprint density at radius 3 is 2.65 bits per heavy atom. The molecule has 17 heavy (non-hydrogen) atoms. The normalized spacial score (nSPS) is 11.2. The average molecular weight is 237 g/mol. The standard InChI is InChI=1S/C13H19NO3/c1-13(2,12(15)16)14-9-8-10-6-4-5-7-11(10)17-3/h4-7,14H,8-9H2,1-3H3,(H,15,16). The van der Waals surface area contributed by atoms with Crippen LogP contribution in [-0.2, 0) is 11.2 Å². The summed E-state index contributed by atoms with van der Waals surface area (Å²) in [5, 5.41) is 12.0. The third-order valence-corrected chi connectivity index (χ3v) is 2.69. The van der Waals surface area contributed by atoms with Crippen molar-refractivity contribution in [2.75, 3.05) is 13.7 Å². The lowest BCUT2D eigenvalue weighted by Gasteiger charge is -2.21. The van der Waals surface area contributed by atoms with E-state index in [4.69, 9.17) is 9.84 Å². The Morgan fingerprint density at radius 1 is 1.41 bits per heavy atom. The predicted octanol–water partition coefficient (Wildman–Crippen LogP) is 1.69. The first kappa shape index (κ1) is 13.5. The topological polar surface area (TPSA) is 58.6 Å². The van der Waals surface area contributed by atoms with Gasteiger partial charge >= 0.3 is 5.97 Å². The second-order valence-electron chi connectivity index (χ2n) is 4.42. The third-order valence-electron chi connectivity index (χ3n) is 2.69. The van der Waals surface area contributed by atoms with Gasteiger partial charge in [0.15, 0.2) is 0 Å². The number of benzene rings is 1. The minimum Gasteiger partial charge on any atom is -0.496 e. The van der Waals surface area contributed by atoms with Crippen LogP contribution in [0.3, 0.4) is 0 Å². The largest absolute Gasteiger partial charge is 0.496 e. The molecule has 0 aliphatic rings. The van der Waals surface area contributed by atoms with Crippen LogP contribution in [0.5, 0.6) is 5.75 Å². The van der Waals surface area contributed by atoms with Crippen LogP contribution in [0.4, 0.5) is 0 Å². The van der Waals surface area contributed by atoms with Crippen molar-refractivity contribution in [2.24, 2.45) is 0 Å². The smallest absolute Gasteiger partial charge is 0.323 e. The summed E-state index contributed by atoms with van der Waals surface area (Å²) in [5.74, 6) is -0.0139. The molecule has 0 atom stereocenters. The number of para-hydroxylation sites is 1. The lowest BCUT2D eigenvalue weighted by molar-refractivity contribution is -0.143. The Kier molecular flexibility index (Phi) is 4.52. The van der Waals surface area contributed by atoms with Gasteiger partial charge in [-0.2, -0.15) is 0 Å². The number of rotatable bonds is 6. The fourth-order valence-corrected chi connectivity index (χ4v) is 1.49. The Hall–Kier alpha value is -1.55. The highest BCUT2D eigenvalue weighted by atomic mass is 16.5. The van der Waals surface area contributed by atoms with Crippen molar-refractivity contribution in [3.05, 3.63) is 29.8 Å². The molecule has 0 heterocycles. The molecule has 0 spiro atoms. The molecule has 0 fully saturated rings. The highest BCUT2D eigenvalue weighted by molar-refractivity contribution is 5.77. The zero-order valence-electron chi connectivity index (χ0n) is 10.5. The third kappa shape index (κ3) is 3.75. The summed E-state index contributed by atoms with van der Waals surface area (Å²) in [6, 6.07) is 7.74. The molecule has 1 rings (SSSR count). The fourth-order valence-electron chi connectivity index (χ4n) is 1.49.